The molecule has 0 aromatic carbocycles. The number of ether oxygens (including phenoxy) is 1. The lowest BCUT2D eigenvalue weighted by molar-refractivity contribution is -0.123. The summed E-state index contributed by atoms with van der Waals surface area (Å²) in [6, 6.07) is 4.17. The molecule has 0 saturated carbocycles. The minimum atomic E-state index is 0.101. The second-order valence-corrected chi connectivity index (χ2v) is 6.00. The number of likely N-dealkylation sites (tertiary alicyclic amines) is 1. The smallest absolute Gasteiger partial charge is 0.234 e. The number of amides is 1. The van der Waals surface area contributed by atoms with Gasteiger partial charge in [-0.15, -0.1) is 11.3 Å². The van der Waals surface area contributed by atoms with Gasteiger partial charge in [-0.25, -0.2) is 0 Å². The Morgan fingerprint density at radius 3 is 2.89 bits per heavy atom. The van der Waals surface area contributed by atoms with Gasteiger partial charge < -0.3 is 10.1 Å². The standard InChI is InChI=1S/C14H22N2O2S/c1-11(13-4-3-9-19-13)15-14(17)10-16-7-5-12(18-2)6-8-16/h3-4,9,11-12H,5-8,10H2,1-2H3,(H,15,17). The molecule has 0 aliphatic carbocycles. The summed E-state index contributed by atoms with van der Waals surface area (Å²) < 4.78 is 5.33. The number of thiophene rings is 1. The topological polar surface area (TPSA) is 41.6 Å². The van der Waals surface area contributed by atoms with Crippen molar-refractivity contribution in [2.24, 2.45) is 0 Å². The van der Waals surface area contributed by atoms with E-state index < -0.39 is 0 Å². The van der Waals surface area contributed by atoms with E-state index in [0.29, 0.717) is 12.6 Å². The summed E-state index contributed by atoms with van der Waals surface area (Å²) in [4.78, 5) is 15.4. The van der Waals surface area contributed by atoms with Gasteiger partial charge in [0.2, 0.25) is 5.91 Å². The molecule has 4 nitrogen and oxygen atoms in total. The Morgan fingerprint density at radius 2 is 2.32 bits per heavy atom. The molecular weight excluding hydrogens is 260 g/mol. The number of nitrogens with zero attached hydrogens (tertiary/aromatic N) is 1. The Kier molecular flexibility index (Phi) is 5.36. The number of rotatable bonds is 5. The second kappa shape index (κ2) is 7.03. The molecule has 1 aliphatic rings. The van der Waals surface area contributed by atoms with Gasteiger partial charge in [0.15, 0.2) is 0 Å². The summed E-state index contributed by atoms with van der Waals surface area (Å²) in [6.45, 7) is 4.41. The fraction of sp³-hybridized carbons (Fsp3) is 0.643. The van der Waals surface area contributed by atoms with Crippen molar-refractivity contribution in [3.63, 3.8) is 0 Å². The zero-order chi connectivity index (χ0) is 13.7. The van der Waals surface area contributed by atoms with Crippen molar-refractivity contribution in [3.05, 3.63) is 22.4 Å². The number of piperidine rings is 1. The zero-order valence-corrected chi connectivity index (χ0v) is 12.4. The lowest BCUT2D eigenvalue weighted by Gasteiger charge is -2.30. The van der Waals surface area contributed by atoms with Crippen LogP contribution in [0.25, 0.3) is 0 Å². The molecule has 0 spiro atoms. The normalized spacial score (nSPS) is 19.3. The molecule has 19 heavy (non-hydrogen) atoms. The highest BCUT2D eigenvalue weighted by Crippen LogP contribution is 2.18. The van der Waals surface area contributed by atoms with E-state index in [4.69, 9.17) is 4.74 Å². The van der Waals surface area contributed by atoms with Crippen LogP contribution in [0.3, 0.4) is 0 Å². The van der Waals surface area contributed by atoms with Crippen LogP contribution in [0.2, 0.25) is 0 Å². The molecule has 2 rings (SSSR count). The van der Waals surface area contributed by atoms with Crippen LogP contribution in [0.4, 0.5) is 0 Å². The Morgan fingerprint density at radius 1 is 1.58 bits per heavy atom. The predicted octanol–water partition coefficient (Wildman–Crippen LogP) is 2.04. The molecule has 1 atom stereocenters. The SMILES string of the molecule is COC1CCN(CC(=O)NC(C)c2cccs2)CC1. The van der Waals surface area contributed by atoms with Crippen molar-refractivity contribution in [3.8, 4) is 0 Å². The van der Waals surface area contributed by atoms with Crippen LogP contribution in [-0.4, -0.2) is 43.7 Å². The first-order valence-electron chi connectivity index (χ1n) is 6.77. The number of hydrogen-bond acceptors (Lipinski definition) is 4. The van der Waals surface area contributed by atoms with Crippen LogP contribution in [0, 0.1) is 0 Å². The van der Waals surface area contributed by atoms with Gasteiger partial charge in [0.05, 0.1) is 18.7 Å². The Hall–Kier alpha value is -0.910. The Bertz CT molecular complexity index is 386. The number of carbonyl (C=O) groups excluding carboxylic acids is 1. The Labute approximate surface area is 118 Å². The molecule has 1 N–H and O–H groups in total. The highest BCUT2D eigenvalue weighted by Gasteiger charge is 2.21. The van der Waals surface area contributed by atoms with E-state index in [2.05, 4.69) is 16.3 Å². The van der Waals surface area contributed by atoms with Gasteiger partial charge in [0.1, 0.15) is 0 Å². The predicted molar refractivity (Wildman–Crippen MR) is 77.3 cm³/mol. The van der Waals surface area contributed by atoms with Crippen LogP contribution in [-0.2, 0) is 9.53 Å². The highest BCUT2D eigenvalue weighted by atomic mass is 32.1. The lowest BCUT2D eigenvalue weighted by Crippen LogP contribution is -2.43. The molecule has 106 valence electrons. The molecule has 1 aromatic heterocycles. The van der Waals surface area contributed by atoms with Crippen molar-refractivity contribution in [2.75, 3.05) is 26.7 Å². The molecule has 1 fully saturated rings. The summed E-state index contributed by atoms with van der Waals surface area (Å²) in [5.41, 5.74) is 0. The van der Waals surface area contributed by atoms with Crippen molar-refractivity contribution < 1.29 is 9.53 Å². The van der Waals surface area contributed by atoms with E-state index in [0.717, 1.165) is 25.9 Å². The van der Waals surface area contributed by atoms with E-state index in [9.17, 15) is 4.79 Å². The number of methoxy groups -OCH3 is 1. The van der Waals surface area contributed by atoms with Crippen LogP contribution in [0.1, 0.15) is 30.7 Å². The average molecular weight is 282 g/mol. The van der Waals surface area contributed by atoms with Crippen LogP contribution < -0.4 is 5.32 Å². The van der Waals surface area contributed by atoms with Gasteiger partial charge in [-0.1, -0.05) is 6.07 Å². The maximum atomic E-state index is 12.0. The third-order valence-corrected chi connectivity index (χ3v) is 4.64. The first kappa shape index (κ1) is 14.5. The molecule has 5 heteroatoms. The molecule has 1 amide bonds. The third-order valence-electron chi connectivity index (χ3n) is 3.58. The minimum absolute atomic E-state index is 0.101. The summed E-state index contributed by atoms with van der Waals surface area (Å²) in [7, 11) is 1.76. The molecule has 1 aromatic rings. The van der Waals surface area contributed by atoms with Crippen LogP contribution in [0.5, 0.6) is 0 Å². The largest absolute Gasteiger partial charge is 0.381 e. The maximum Gasteiger partial charge on any atom is 0.234 e. The number of hydrogen-bond donors (Lipinski definition) is 1. The quantitative estimate of drug-likeness (QED) is 0.898. The second-order valence-electron chi connectivity index (χ2n) is 5.02. The monoisotopic (exact) mass is 282 g/mol. The van der Waals surface area contributed by atoms with Gasteiger partial charge in [-0.3, -0.25) is 9.69 Å². The van der Waals surface area contributed by atoms with Crippen molar-refractivity contribution in [1.29, 1.82) is 0 Å². The number of nitrogens with one attached hydrogen (secondary N) is 1. The molecule has 0 bridgehead atoms. The molecule has 2 heterocycles. The molecule has 1 aliphatic heterocycles. The number of carbonyl (C=O) groups is 1. The summed E-state index contributed by atoms with van der Waals surface area (Å²) in [5.74, 6) is 0.108. The molecule has 1 unspecified atom stereocenters. The van der Waals surface area contributed by atoms with Gasteiger partial charge in [-0.2, -0.15) is 0 Å². The van der Waals surface area contributed by atoms with E-state index >= 15 is 0 Å². The minimum Gasteiger partial charge on any atom is -0.381 e. The van der Waals surface area contributed by atoms with E-state index in [1.807, 2.05) is 18.4 Å². The van der Waals surface area contributed by atoms with Crippen LogP contribution in [0.15, 0.2) is 17.5 Å². The summed E-state index contributed by atoms with van der Waals surface area (Å²) >= 11 is 1.68. The maximum absolute atomic E-state index is 12.0. The molecular formula is C14H22N2O2S. The zero-order valence-electron chi connectivity index (χ0n) is 11.6. The van der Waals surface area contributed by atoms with Crippen LogP contribution >= 0.6 is 11.3 Å². The van der Waals surface area contributed by atoms with Crippen molar-refractivity contribution in [2.45, 2.75) is 31.9 Å². The average Bonchev–Trinajstić information content (AvgIpc) is 2.93. The highest BCUT2D eigenvalue weighted by molar-refractivity contribution is 7.10. The lowest BCUT2D eigenvalue weighted by atomic mass is 10.1. The van der Waals surface area contributed by atoms with Gasteiger partial charge in [-0.05, 0) is 31.2 Å². The van der Waals surface area contributed by atoms with Gasteiger partial charge in [0, 0.05) is 25.1 Å². The van der Waals surface area contributed by atoms with Gasteiger partial charge in [0.25, 0.3) is 0 Å². The third kappa shape index (κ3) is 4.30. The van der Waals surface area contributed by atoms with E-state index in [1.54, 1.807) is 18.4 Å². The van der Waals surface area contributed by atoms with E-state index in [-0.39, 0.29) is 11.9 Å². The van der Waals surface area contributed by atoms with Gasteiger partial charge >= 0.3 is 0 Å². The Balaban J connectivity index is 1.73. The van der Waals surface area contributed by atoms with E-state index in [1.165, 1.54) is 4.88 Å². The van der Waals surface area contributed by atoms with Crippen molar-refractivity contribution >= 4 is 17.2 Å². The molecule has 1 saturated heterocycles. The first-order chi connectivity index (χ1) is 9.19. The summed E-state index contributed by atoms with van der Waals surface area (Å²) in [5, 5.41) is 5.09. The molecule has 0 radical (unpaired) electrons. The fourth-order valence-corrected chi connectivity index (χ4v) is 3.14. The fourth-order valence-electron chi connectivity index (χ4n) is 2.40. The summed E-state index contributed by atoms with van der Waals surface area (Å²) in [6.07, 6.45) is 2.40. The first-order valence-corrected chi connectivity index (χ1v) is 7.65. The van der Waals surface area contributed by atoms with Crippen molar-refractivity contribution in [1.82, 2.24) is 10.2 Å².